The van der Waals surface area contributed by atoms with Crippen LogP contribution in [0.25, 0.3) is 22.2 Å². The van der Waals surface area contributed by atoms with Gasteiger partial charge >= 0.3 is 0 Å². The lowest BCUT2D eigenvalue weighted by Gasteiger charge is -2.08. The molecule has 0 unspecified atom stereocenters. The molecule has 0 aliphatic rings. The van der Waals surface area contributed by atoms with Crippen molar-refractivity contribution in [3.8, 4) is 22.6 Å². The Balaban J connectivity index is 2.20. The Hall–Kier alpha value is -3.22. The molecule has 0 aliphatic carbocycles. The van der Waals surface area contributed by atoms with Gasteiger partial charge in [-0.1, -0.05) is 0 Å². The second kappa shape index (κ2) is 4.71. The average molecular weight is 283 g/mol. The third-order valence-corrected chi connectivity index (χ3v) is 3.09. The van der Waals surface area contributed by atoms with Gasteiger partial charge in [0.15, 0.2) is 5.75 Å². The summed E-state index contributed by atoms with van der Waals surface area (Å²) in [4.78, 5) is 18.1. The first-order valence-corrected chi connectivity index (χ1v) is 5.98. The summed E-state index contributed by atoms with van der Waals surface area (Å²) in [5, 5.41) is 30.9. The summed E-state index contributed by atoms with van der Waals surface area (Å²) < 4.78 is 0. The van der Waals surface area contributed by atoms with Crippen molar-refractivity contribution in [2.45, 2.75) is 0 Å². The summed E-state index contributed by atoms with van der Waals surface area (Å²) >= 11 is 0. The normalized spacial score (nSPS) is 10.7. The molecule has 2 aromatic carbocycles. The van der Waals surface area contributed by atoms with Crippen LogP contribution in [0.2, 0.25) is 0 Å². The van der Waals surface area contributed by atoms with Gasteiger partial charge in [0, 0.05) is 30.1 Å². The van der Waals surface area contributed by atoms with E-state index in [2.05, 4.69) is 9.97 Å². The summed E-state index contributed by atoms with van der Waals surface area (Å²) in [5.74, 6) is -0.256. The number of aromatic hydroxyl groups is 2. The van der Waals surface area contributed by atoms with Gasteiger partial charge in [-0.05, 0) is 23.8 Å². The molecular weight excluding hydrogens is 274 g/mol. The fraction of sp³-hybridized carbons (Fsp3) is 0. The molecule has 0 aliphatic heterocycles. The Bertz CT molecular complexity index is 847. The Labute approximate surface area is 118 Å². The van der Waals surface area contributed by atoms with Crippen molar-refractivity contribution in [1.82, 2.24) is 9.97 Å². The molecule has 0 amide bonds. The van der Waals surface area contributed by atoms with Gasteiger partial charge in [-0.3, -0.25) is 10.1 Å². The van der Waals surface area contributed by atoms with E-state index in [4.69, 9.17) is 0 Å². The molecule has 0 saturated heterocycles. The molecule has 0 spiro atoms. The van der Waals surface area contributed by atoms with Gasteiger partial charge in [0.25, 0.3) is 5.69 Å². The van der Waals surface area contributed by atoms with Crippen molar-refractivity contribution < 1.29 is 15.1 Å². The van der Waals surface area contributed by atoms with Gasteiger partial charge < -0.3 is 10.2 Å². The van der Waals surface area contributed by atoms with E-state index in [0.717, 1.165) is 0 Å². The average Bonchev–Trinajstić information content (AvgIpc) is 2.51. The number of fused-ring (bicyclic) bond motifs is 1. The van der Waals surface area contributed by atoms with E-state index in [1.54, 1.807) is 0 Å². The molecule has 3 aromatic rings. The monoisotopic (exact) mass is 283 g/mol. The van der Waals surface area contributed by atoms with Crippen molar-refractivity contribution >= 4 is 16.7 Å². The number of nitro benzene ring substituents is 1. The number of benzene rings is 2. The largest absolute Gasteiger partial charge is 0.506 e. The number of non-ortho nitro benzene ring substituents is 1. The molecule has 104 valence electrons. The van der Waals surface area contributed by atoms with Crippen LogP contribution >= 0.6 is 0 Å². The van der Waals surface area contributed by atoms with Gasteiger partial charge in [0.05, 0.1) is 4.92 Å². The van der Waals surface area contributed by atoms with E-state index in [-0.39, 0.29) is 28.2 Å². The summed E-state index contributed by atoms with van der Waals surface area (Å²) in [6.45, 7) is 0. The van der Waals surface area contributed by atoms with Crippen LogP contribution in [0.4, 0.5) is 5.69 Å². The lowest BCUT2D eigenvalue weighted by molar-refractivity contribution is -0.384. The summed E-state index contributed by atoms with van der Waals surface area (Å²) in [6.07, 6.45) is 2.81. The van der Waals surface area contributed by atoms with Crippen molar-refractivity contribution in [2.24, 2.45) is 0 Å². The lowest BCUT2D eigenvalue weighted by Crippen LogP contribution is -1.89. The molecular formula is C14H9N3O4. The van der Waals surface area contributed by atoms with Crippen LogP contribution < -0.4 is 0 Å². The number of nitrogens with zero attached hydrogens (tertiary/aromatic N) is 3. The molecule has 3 rings (SSSR count). The predicted octanol–water partition coefficient (Wildman–Crippen LogP) is 2.62. The van der Waals surface area contributed by atoms with Crippen molar-refractivity contribution in [3.63, 3.8) is 0 Å². The fourth-order valence-corrected chi connectivity index (χ4v) is 2.08. The minimum atomic E-state index is -0.507. The number of phenolic OH excluding ortho intramolecular Hbond substituents is 2. The van der Waals surface area contributed by atoms with Crippen LogP contribution in [0.1, 0.15) is 0 Å². The molecule has 1 heterocycles. The van der Waals surface area contributed by atoms with Crippen molar-refractivity contribution in [1.29, 1.82) is 0 Å². The molecule has 0 saturated carbocycles. The van der Waals surface area contributed by atoms with Crippen LogP contribution in [0, 0.1) is 10.1 Å². The van der Waals surface area contributed by atoms with Gasteiger partial charge in [0.1, 0.15) is 16.8 Å². The fourth-order valence-electron chi connectivity index (χ4n) is 2.08. The summed E-state index contributed by atoms with van der Waals surface area (Å²) in [5.41, 5.74) is 1.17. The number of hydrogen-bond donors (Lipinski definition) is 2. The minimum absolute atomic E-state index is 0.0527. The first-order chi connectivity index (χ1) is 10.1. The van der Waals surface area contributed by atoms with Crippen molar-refractivity contribution in [3.05, 3.63) is 52.8 Å². The number of rotatable bonds is 2. The van der Waals surface area contributed by atoms with Crippen LogP contribution in [0.3, 0.4) is 0 Å². The predicted molar refractivity (Wildman–Crippen MR) is 75.0 cm³/mol. The lowest BCUT2D eigenvalue weighted by atomic mass is 10.0. The number of aromatic nitrogens is 2. The topological polar surface area (TPSA) is 109 Å². The smallest absolute Gasteiger partial charge is 0.269 e. The maximum absolute atomic E-state index is 10.6. The standard InChI is InChI=1S/C14H9N3O4/c18-11-7-10(8-1-3-9(4-2-8)17(20)21)14(19)13-12(11)15-5-6-16-13/h1-7,18-19H. The van der Waals surface area contributed by atoms with E-state index in [0.29, 0.717) is 11.1 Å². The van der Waals surface area contributed by atoms with Crippen LogP contribution in [0.5, 0.6) is 11.5 Å². The maximum atomic E-state index is 10.6. The molecule has 1 aromatic heterocycles. The second-order valence-electron chi connectivity index (χ2n) is 4.35. The van der Waals surface area contributed by atoms with E-state index >= 15 is 0 Å². The third kappa shape index (κ3) is 2.10. The first kappa shape index (κ1) is 12.8. The van der Waals surface area contributed by atoms with Crippen molar-refractivity contribution in [2.75, 3.05) is 0 Å². The summed E-state index contributed by atoms with van der Waals surface area (Å²) in [6, 6.07) is 7.00. The third-order valence-electron chi connectivity index (χ3n) is 3.09. The number of hydrogen-bond acceptors (Lipinski definition) is 6. The zero-order valence-corrected chi connectivity index (χ0v) is 10.6. The highest BCUT2D eigenvalue weighted by molar-refractivity contribution is 5.93. The number of nitro groups is 1. The Kier molecular flexibility index (Phi) is 2.87. The van der Waals surface area contributed by atoms with Crippen LogP contribution in [-0.2, 0) is 0 Å². The first-order valence-electron chi connectivity index (χ1n) is 5.98. The molecule has 0 radical (unpaired) electrons. The molecule has 0 atom stereocenters. The van der Waals surface area contributed by atoms with Gasteiger partial charge in [-0.2, -0.15) is 0 Å². The Morgan fingerprint density at radius 1 is 1.00 bits per heavy atom. The zero-order valence-electron chi connectivity index (χ0n) is 10.6. The highest BCUT2D eigenvalue weighted by Crippen LogP contribution is 2.39. The molecule has 21 heavy (non-hydrogen) atoms. The van der Waals surface area contributed by atoms with Gasteiger partial charge in [-0.25, -0.2) is 9.97 Å². The molecule has 7 heteroatoms. The zero-order chi connectivity index (χ0) is 15.0. The molecule has 0 bridgehead atoms. The summed E-state index contributed by atoms with van der Waals surface area (Å²) in [7, 11) is 0. The van der Waals surface area contributed by atoms with E-state index < -0.39 is 4.92 Å². The van der Waals surface area contributed by atoms with Crippen LogP contribution in [-0.4, -0.2) is 25.1 Å². The van der Waals surface area contributed by atoms with E-state index in [1.807, 2.05) is 0 Å². The highest BCUT2D eigenvalue weighted by atomic mass is 16.6. The highest BCUT2D eigenvalue weighted by Gasteiger charge is 2.15. The Morgan fingerprint density at radius 2 is 1.62 bits per heavy atom. The Morgan fingerprint density at radius 3 is 2.24 bits per heavy atom. The van der Waals surface area contributed by atoms with E-state index in [9.17, 15) is 20.3 Å². The second-order valence-corrected chi connectivity index (χ2v) is 4.35. The van der Waals surface area contributed by atoms with Gasteiger partial charge in [0.2, 0.25) is 0 Å². The minimum Gasteiger partial charge on any atom is -0.506 e. The number of phenols is 2. The van der Waals surface area contributed by atoms with E-state index in [1.165, 1.54) is 42.7 Å². The SMILES string of the molecule is O=[N+]([O-])c1ccc(-c2cc(O)c3nccnc3c2O)cc1. The maximum Gasteiger partial charge on any atom is 0.269 e. The molecule has 7 nitrogen and oxygen atoms in total. The van der Waals surface area contributed by atoms with Crippen LogP contribution in [0.15, 0.2) is 42.7 Å². The quantitative estimate of drug-likeness (QED) is 0.425. The molecule has 2 N–H and O–H groups in total. The van der Waals surface area contributed by atoms with Gasteiger partial charge in [-0.15, -0.1) is 0 Å². The molecule has 0 fully saturated rings.